The number of nitrogens with one attached hydrogen (secondary N) is 1. The predicted octanol–water partition coefficient (Wildman–Crippen LogP) is 3.37. The topological polar surface area (TPSA) is 102 Å². The van der Waals surface area contributed by atoms with E-state index in [1.807, 2.05) is 25.1 Å². The van der Waals surface area contributed by atoms with Gasteiger partial charge in [0.25, 0.3) is 5.91 Å². The maximum absolute atomic E-state index is 13.2. The lowest BCUT2D eigenvalue weighted by atomic mass is 10.1. The summed E-state index contributed by atoms with van der Waals surface area (Å²) >= 11 is 0. The molecule has 3 aromatic rings. The second-order valence-corrected chi connectivity index (χ2v) is 9.60. The average Bonchev–Trinajstić information content (AvgIpc) is 3.29. The second-order valence-electron chi connectivity index (χ2n) is 7.90. The number of nitrogens with zero attached hydrogens (tertiary/aromatic N) is 2. The van der Waals surface area contributed by atoms with Crippen LogP contribution < -0.4 is 14.4 Å². The van der Waals surface area contributed by atoms with Gasteiger partial charge in [-0.3, -0.25) is 4.79 Å². The van der Waals surface area contributed by atoms with E-state index in [0.29, 0.717) is 17.0 Å². The quantitative estimate of drug-likeness (QED) is 0.612. The smallest absolute Gasteiger partial charge is 0.258 e. The van der Waals surface area contributed by atoms with E-state index in [1.54, 1.807) is 50.1 Å². The third-order valence-corrected chi connectivity index (χ3v) is 7.27. The maximum atomic E-state index is 13.2. The molecule has 2 heterocycles. The van der Waals surface area contributed by atoms with Gasteiger partial charge >= 0.3 is 0 Å². The summed E-state index contributed by atoms with van der Waals surface area (Å²) in [6.45, 7) is 5.23. The first-order valence-electron chi connectivity index (χ1n) is 10.2. The highest BCUT2D eigenvalue weighted by Crippen LogP contribution is 2.34. The SMILES string of the molecule is COc1ccc(C(=O)N2c3cc(CNS(=O)(=O)c4c(C)noc4C)ccc3C[C@@H]2C)cc1. The van der Waals surface area contributed by atoms with E-state index in [0.717, 1.165) is 23.2 Å². The molecule has 1 N–H and O–H groups in total. The molecule has 1 amide bonds. The van der Waals surface area contributed by atoms with Crippen LogP contribution in [0.4, 0.5) is 5.69 Å². The van der Waals surface area contributed by atoms with E-state index >= 15 is 0 Å². The summed E-state index contributed by atoms with van der Waals surface area (Å²) in [6.07, 6.45) is 0.738. The van der Waals surface area contributed by atoms with Crippen LogP contribution in [0.15, 0.2) is 51.9 Å². The molecule has 0 saturated carbocycles. The lowest BCUT2D eigenvalue weighted by molar-refractivity contribution is 0.0981. The lowest BCUT2D eigenvalue weighted by Gasteiger charge is -2.23. The Kier molecular flexibility index (Phi) is 5.79. The van der Waals surface area contributed by atoms with Crippen molar-refractivity contribution in [2.45, 2.75) is 44.7 Å². The van der Waals surface area contributed by atoms with Gasteiger partial charge in [-0.2, -0.15) is 0 Å². The Morgan fingerprint density at radius 2 is 1.94 bits per heavy atom. The third-order valence-electron chi connectivity index (χ3n) is 5.62. The first kappa shape index (κ1) is 22.0. The molecule has 1 aliphatic heterocycles. The van der Waals surface area contributed by atoms with Crippen molar-refractivity contribution in [3.8, 4) is 5.75 Å². The van der Waals surface area contributed by atoms with E-state index in [2.05, 4.69) is 9.88 Å². The summed E-state index contributed by atoms with van der Waals surface area (Å²) in [4.78, 5) is 15.1. The molecule has 0 saturated heterocycles. The normalized spacial score (nSPS) is 15.6. The molecule has 1 atom stereocenters. The number of ether oxygens (including phenoxy) is 1. The number of hydrogen-bond acceptors (Lipinski definition) is 6. The molecule has 0 unspecified atom stereocenters. The van der Waals surface area contributed by atoms with Crippen LogP contribution in [0.2, 0.25) is 0 Å². The summed E-state index contributed by atoms with van der Waals surface area (Å²) in [6, 6.07) is 12.7. The Labute approximate surface area is 187 Å². The molecular weight excluding hydrogens is 430 g/mol. The zero-order chi connectivity index (χ0) is 23.0. The Morgan fingerprint density at radius 1 is 1.22 bits per heavy atom. The van der Waals surface area contributed by atoms with Gasteiger partial charge in [0.2, 0.25) is 10.0 Å². The Bertz CT molecular complexity index is 1250. The van der Waals surface area contributed by atoms with Gasteiger partial charge in [0.05, 0.1) is 7.11 Å². The molecular formula is C23H25N3O5S. The van der Waals surface area contributed by atoms with Crippen molar-refractivity contribution in [2.75, 3.05) is 12.0 Å². The number of benzene rings is 2. The van der Waals surface area contributed by atoms with Crippen LogP contribution in [-0.4, -0.2) is 32.6 Å². The van der Waals surface area contributed by atoms with Crippen molar-refractivity contribution in [2.24, 2.45) is 0 Å². The molecule has 0 aliphatic carbocycles. The molecule has 9 heteroatoms. The van der Waals surface area contributed by atoms with Gasteiger partial charge in [-0.1, -0.05) is 17.3 Å². The fraction of sp³-hybridized carbons (Fsp3) is 0.304. The van der Waals surface area contributed by atoms with Crippen LogP contribution in [0.3, 0.4) is 0 Å². The Balaban J connectivity index is 1.57. The number of methoxy groups -OCH3 is 1. The minimum absolute atomic E-state index is 0.00570. The number of sulfonamides is 1. The van der Waals surface area contributed by atoms with Gasteiger partial charge in [-0.05, 0) is 68.7 Å². The van der Waals surface area contributed by atoms with Crippen LogP contribution >= 0.6 is 0 Å². The van der Waals surface area contributed by atoms with Gasteiger partial charge < -0.3 is 14.2 Å². The maximum Gasteiger partial charge on any atom is 0.258 e. The monoisotopic (exact) mass is 455 g/mol. The standard InChI is InChI=1S/C23H25N3O5S/c1-14-11-19-6-5-17(13-24-32(28,29)22-15(2)25-31-16(22)3)12-21(19)26(14)23(27)18-7-9-20(30-4)10-8-18/h5-10,12,14,24H,11,13H2,1-4H3/t14-/m0/s1. The van der Waals surface area contributed by atoms with Gasteiger partial charge in [0.15, 0.2) is 5.76 Å². The molecule has 1 aromatic heterocycles. The lowest BCUT2D eigenvalue weighted by Crippen LogP contribution is -2.35. The molecule has 8 nitrogen and oxygen atoms in total. The number of hydrogen-bond donors (Lipinski definition) is 1. The third kappa shape index (κ3) is 4.01. The van der Waals surface area contributed by atoms with Crippen LogP contribution in [0.25, 0.3) is 0 Å². The van der Waals surface area contributed by atoms with Crippen molar-refractivity contribution in [3.63, 3.8) is 0 Å². The fourth-order valence-electron chi connectivity index (χ4n) is 4.05. The van der Waals surface area contributed by atoms with E-state index in [9.17, 15) is 13.2 Å². The number of fused-ring (bicyclic) bond motifs is 1. The van der Waals surface area contributed by atoms with E-state index in [4.69, 9.17) is 9.26 Å². The number of amides is 1. The van der Waals surface area contributed by atoms with Gasteiger partial charge in [-0.15, -0.1) is 0 Å². The largest absolute Gasteiger partial charge is 0.497 e. The zero-order valence-electron chi connectivity index (χ0n) is 18.4. The number of anilines is 1. The first-order valence-corrected chi connectivity index (χ1v) is 11.7. The van der Waals surface area contributed by atoms with Crippen LogP contribution in [-0.2, 0) is 23.0 Å². The number of aromatic nitrogens is 1. The van der Waals surface area contributed by atoms with Crippen molar-refractivity contribution < 1.29 is 22.5 Å². The zero-order valence-corrected chi connectivity index (χ0v) is 19.2. The van der Waals surface area contributed by atoms with Crippen molar-refractivity contribution in [1.29, 1.82) is 0 Å². The summed E-state index contributed by atoms with van der Waals surface area (Å²) in [5.41, 5.74) is 3.48. The summed E-state index contributed by atoms with van der Waals surface area (Å²) in [7, 11) is -2.20. The van der Waals surface area contributed by atoms with Crippen molar-refractivity contribution in [3.05, 3.63) is 70.6 Å². The first-order chi connectivity index (χ1) is 15.2. The van der Waals surface area contributed by atoms with Gasteiger partial charge in [0, 0.05) is 23.8 Å². The van der Waals surface area contributed by atoms with E-state index in [1.165, 1.54) is 0 Å². The predicted molar refractivity (Wildman–Crippen MR) is 119 cm³/mol. The van der Waals surface area contributed by atoms with Crippen molar-refractivity contribution >= 4 is 21.6 Å². The van der Waals surface area contributed by atoms with Crippen LogP contribution in [0.5, 0.6) is 5.75 Å². The number of carbonyl (C=O) groups excluding carboxylic acids is 1. The molecule has 1 aliphatic rings. The highest BCUT2D eigenvalue weighted by molar-refractivity contribution is 7.89. The number of aryl methyl sites for hydroxylation is 2. The highest BCUT2D eigenvalue weighted by Gasteiger charge is 2.32. The molecule has 4 rings (SSSR count). The number of carbonyl (C=O) groups is 1. The molecule has 0 bridgehead atoms. The Morgan fingerprint density at radius 3 is 2.56 bits per heavy atom. The molecule has 0 spiro atoms. The van der Waals surface area contributed by atoms with E-state index in [-0.39, 0.29) is 29.1 Å². The molecule has 2 aromatic carbocycles. The van der Waals surface area contributed by atoms with Gasteiger partial charge in [0.1, 0.15) is 16.3 Å². The summed E-state index contributed by atoms with van der Waals surface area (Å²) in [5, 5.41) is 3.72. The van der Waals surface area contributed by atoms with Crippen LogP contribution in [0.1, 0.15) is 39.9 Å². The Hall–Kier alpha value is -3.17. The second kappa shape index (κ2) is 8.40. The fourth-order valence-corrected chi connectivity index (χ4v) is 5.40. The van der Waals surface area contributed by atoms with Crippen LogP contribution in [0, 0.1) is 13.8 Å². The molecule has 0 radical (unpaired) electrons. The van der Waals surface area contributed by atoms with Gasteiger partial charge in [-0.25, -0.2) is 13.1 Å². The summed E-state index contributed by atoms with van der Waals surface area (Å²) in [5.74, 6) is 0.825. The van der Waals surface area contributed by atoms with E-state index < -0.39 is 10.0 Å². The molecule has 32 heavy (non-hydrogen) atoms. The average molecular weight is 456 g/mol. The minimum Gasteiger partial charge on any atom is -0.497 e. The molecule has 168 valence electrons. The summed E-state index contributed by atoms with van der Waals surface area (Å²) < 4.78 is 38.2. The minimum atomic E-state index is -3.78. The van der Waals surface area contributed by atoms with Crippen molar-refractivity contribution in [1.82, 2.24) is 9.88 Å². The molecule has 0 fully saturated rings. The number of rotatable bonds is 6. The highest BCUT2D eigenvalue weighted by atomic mass is 32.2.